The molecule has 21 heavy (non-hydrogen) atoms. The van der Waals surface area contributed by atoms with Crippen molar-refractivity contribution in [2.45, 2.75) is 40.2 Å². The molecule has 0 radical (unpaired) electrons. The van der Waals surface area contributed by atoms with Crippen molar-refractivity contribution in [2.24, 2.45) is 11.7 Å². The van der Waals surface area contributed by atoms with Crippen LogP contribution in [0.3, 0.4) is 0 Å². The normalized spacial score (nSPS) is 11.3. The second-order valence-corrected chi connectivity index (χ2v) is 5.57. The summed E-state index contributed by atoms with van der Waals surface area (Å²) >= 11 is 0. The zero-order valence-corrected chi connectivity index (χ0v) is 13.5. The summed E-state index contributed by atoms with van der Waals surface area (Å²) in [5, 5.41) is 1.22. The maximum atomic E-state index is 5.96. The van der Waals surface area contributed by atoms with Gasteiger partial charge in [-0.25, -0.2) is 0 Å². The zero-order valence-electron chi connectivity index (χ0n) is 13.5. The van der Waals surface area contributed by atoms with Crippen molar-refractivity contribution in [3.63, 3.8) is 0 Å². The third kappa shape index (κ3) is 3.35. The molecule has 0 spiro atoms. The van der Waals surface area contributed by atoms with Crippen LogP contribution in [0, 0.1) is 5.92 Å². The van der Waals surface area contributed by atoms with E-state index >= 15 is 0 Å². The van der Waals surface area contributed by atoms with Crippen molar-refractivity contribution in [1.29, 1.82) is 0 Å². The van der Waals surface area contributed by atoms with Gasteiger partial charge in [0.2, 0.25) is 0 Å². The number of benzene rings is 1. The molecule has 0 fully saturated rings. The molecule has 3 heteroatoms. The molecular formula is C18H27N3. The van der Waals surface area contributed by atoms with Crippen LogP contribution in [-0.2, 0) is 6.54 Å². The smallest absolute Gasteiger partial charge is 0.0723 e. The Hall–Kier alpha value is -1.61. The number of pyridine rings is 1. The van der Waals surface area contributed by atoms with Gasteiger partial charge in [0.25, 0.3) is 0 Å². The monoisotopic (exact) mass is 285 g/mol. The van der Waals surface area contributed by atoms with Crippen molar-refractivity contribution >= 4 is 16.6 Å². The molecule has 2 N–H and O–H groups in total. The molecule has 3 nitrogen and oxygen atoms in total. The van der Waals surface area contributed by atoms with Gasteiger partial charge >= 0.3 is 0 Å². The molecule has 0 amide bonds. The number of nitrogens with zero attached hydrogens (tertiary/aromatic N) is 2. The van der Waals surface area contributed by atoms with Gasteiger partial charge in [-0.1, -0.05) is 44.9 Å². The molecule has 114 valence electrons. The van der Waals surface area contributed by atoms with Crippen LogP contribution in [-0.4, -0.2) is 18.1 Å². The summed E-state index contributed by atoms with van der Waals surface area (Å²) in [4.78, 5) is 7.02. The summed E-state index contributed by atoms with van der Waals surface area (Å²) in [5.41, 5.74) is 9.43. The lowest BCUT2D eigenvalue weighted by atomic mass is 10.0. The molecule has 1 aromatic carbocycles. The Morgan fingerprint density at radius 3 is 2.48 bits per heavy atom. The Morgan fingerprint density at radius 2 is 1.86 bits per heavy atom. The van der Waals surface area contributed by atoms with Crippen LogP contribution in [0.1, 0.15) is 39.2 Å². The van der Waals surface area contributed by atoms with Crippen molar-refractivity contribution in [3.8, 4) is 0 Å². The van der Waals surface area contributed by atoms with Gasteiger partial charge in [-0.15, -0.1) is 0 Å². The first-order chi connectivity index (χ1) is 10.2. The molecule has 0 unspecified atom stereocenters. The first kappa shape index (κ1) is 15.8. The maximum Gasteiger partial charge on any atom is 0.0723 e. The van der Waals surface area contributed by atoms with Crippen LogP contribution in [0.4, 0.5) is 5.69 Å². The van der Waals surface area contributed by atoms with Gasteiger partial charge in [-0.3, -0.25) is 4.98 Å². The van der Waals surface area contributed by atoms with E-state index in [1.807, 2.05) is 12.3 Å². The molecule has 2 rings (SSSR count). The fourth-order valence-electron chi connectivity index (χ4n) is 2.93. The Labute approximate surface area is 128 Å². The van der Waals surface area contributed by atoms with E-state index in [1.165, 1.54) is 23.9 Å². The Bertz CT molecular complexity index is 576. The van der Waals surface area contributed by atoms with Crippen LogP contribution in [0.2, 0.25) is 0 Å². The summed E-state index contributed by atoms with van der Waals surface area (Å²) < 4.78 is 0. The van der Waals surface area contributed by atoms with E-state index in [0.717, 1.165) is 30.1 Å². The highest BCUT2D eigenvalue weighted by atomic mass is 15.1. The Kier molecular flexibility index (Phi) is 5.57. The number of para-hydroxylation sites is 1. The van der Waals surface area contributed by atoms with Gasteiger partial charge in [0.15, 0.2) is 0 Å². The molecular weight excluding hydrogens is 258 g/mol. The van der Waals surface area contributed by atoms with Crippen molar-refractivity contribution in [2.75, 3.05) is 18.0 Å². The van der Waals surface area contributed by atoms with E-state index in [0.29, 0.717) is 6.54 Å². The Balaban J connectivity index is 2.50. The molecule has 0 aliphatic rings. The number of hydrogen-bond acceptors (Lipinski definition) is 3. The quantitative estimate of drug-likeness (QED) is 0.837. The van der Waals surface area contributed by atoms with Gasteiger partial charge in [-0.2, -0.15) is 0 Å². The van der Waals surface area contributed by atoms with Crippen LogP contribution in [0.5, 0.6) is 0 Å². The first-order valence-electron chi connectivity index (χ1n) is 8.06. The second kappa shape index (κ2) is 7.41. The first-order valence-corrected chi connectivity index (χ1v) is 8.06. The molecule has 0 aliphatic heterocycles. The number of aromatic nitrogens is 1. The highest BCUT2D eigenvalue weighted by Gasteiger charge is 2.16. The lowest BCUT2D eigenvalue weighted by Gasteiger charge is -2.30. The van der Waals surface area contributed by atoms with Crippen LogP contribution in [0.25, 0.3) is 10.9 Å². The molecule has 0 saturated heterocycles. The van der Waals surface area contributed by atoms with E-state index in [-0.39, 0.29) is 0 Å². The summed E-state index contributed by atoms with van der Waals surface area (Å²) in [6.07, 6.45) is 4.37. The summed E-state index contributed by atoms with van der Waals surface area (Å²) in [5.74, 6) is 0.725. The highest BCUT2D eigenvalue weighted by Crippen LogP contribution is 2.30. The van der Waals surface area contributed by atoms with E-state index in [4.69, 9.17) is 5.73 Å². The van der Waals surface area contributed by atoms with E-state index in [9.17, 15) is 0 Å². The van der Waals surface area contributed by atoms with E-state index < -0.39 is 0 Å². The standard InChI is InChI=1S/C18H27N3/c1-4-14(5-2)13-21(6-3)18-15(11-19)12-20-17-10-8-7-9-16(17)18/h7-10,12,14H,4-6,11,13,19H2,1-3H3. The molecule has 1 aromatic heterocycles. The van der Waals surface area contributed by atoms with Crippen LogP contribution in [0.15, 0.2) is 30.5 Å². The molecule has 0 saturated carbocycles. The van der Waals surface area contributed by atoms with Crippen molar-refractivity contribution < 1.29 is 0 Å². The van der Waals surface area contributed by atoms with Gasteiger partial charge in [0, 0.05) is 36.8 Å². The van der Waals surface area contributed by atoms with Crippen molar-refractivity contribution in [3.05, 3.63) is 36.0 Å². The number of anilines is 1. The minimum absolute atomic E-state index is 0.534. The lowest BCUT2D eigenvalue weighted by molar-refractivity contribution is 0.486. The summed E-state index contributed by atoms with van der Waals surface area (Å²) in [7, 11) is 0. The average Bonchev–Trinajstić information content (AvgIpc) is 2.55. The average molecular weight is 285 g/mol. The number of fused-ring (bicyclic) bond motifs is 1. The number of nitrogens with two attached hydrogens (primary N) is 1. The Morgan fingerprint density at radius 1 is 1.14 bits per heavy atom. The van der Waals surface area contributed by atoms with E-state index in [1.54, 1.807) is 0 Å². The molecule has 0 bridgehead atoms. The predicted octanol–water partition coefficient (Wildman–Crippen LogP) is 3.96. The molecule has 0 atom stereocenters. The van der Waals surface area contributed by atoms with E-state index in [2.05, 4.69) is 48.9 Å². The lowest BCUT2D eigenvalue weighted by Crippen LogP contribution is -2.30. The minimum Gasteiger partial charge on any atom is -0.371 e. The van der Waals surface area contributed by atoms with Crippen LogP contribution < -0.4 is 10.6 Å². The minimum atomic E-state index is 0.534. The van der Waals surface area contributed by atoms with Gasteiger partial charge in [0.05, 0.1) is 11.2 Å². The zero-order chi connectivity index (χ0) is 15.2. The molecule has 2 aromatic rings. The predicted molar refractivity (Wildman–Crippen MR) is 91.6 cm³/mol. The topological polar surface area (TPSA) is 42.1 Å². The maximum absolute atomic E-state index is 5.96. The number of hydrogen-bond donors (Lipinski definition) is 1. The third-order valence-electron chi connectivity index (χ3n) is 4.37. The third-order valence-corrected chi connectivity index (χ3v) is 4.37. The fourth-order valence-corrected chi connectivity index (χ4v) is 2.93. The summed E-state index contributed by atoms with van der Waals surface area (Å²) in [6, 6.07) is 8.35. The molecule has 1 heterocycles. The van der Waals surface area contributed by atoms with Gasteiger partial charge < -0.3 is 10.6 Å². The highest BCUT2D eigenvalue weighted by molar-refractivity contribution is 5.93. The second-order valence-electron chi connectivity index (χ2n) is 5.57. The van der Waals surface area contributed by atoms with Crippen LogP contribution >= 0.6 is 0 Å². The fraction of sp³-hybridized carbons (Fsp3) is 0.500. The number of rotatable bonds is 7. The van der Waals surface area contributed by atoms with Gasteiger partial charge in [-0.05, 0) is 18.9 Å². The van der Waals surface area contributed by atoms with Crippen molar-refractivity contribution in [1.82, 2.24) is 4.98 Å². The largest absolute Gasteiger partial charge is 0.371 e. The molecule has 0 aliphatic carbocycles. The summed E-state index contributed by atoms with van der Waals surface area (Å²) in [6.45, 7) is 9.39. The van der Waals surface area contributed by atoms with Gasteiger partial charge in [0.1, 0.15) is 0 Å². The SMILES string of the molecule is CCC(CC)CN(CC)c1c(CN)cnc2ccccc12.